The average molecular weight is 331 g/mol. The molecule has 0 aromatic carbocycles. The zero-order chi connectivity index (χ0) is 12.7. The van der Waals surface area contributed by atoms with Gasteiger partial charge in [-0.05, 0) is 32.1 Å². The van der Waals surface area contributed by atoms with Gasteiger partial charge in [0.1, 0.15) is 0 Å². The number of thioether (sulfide) groups is 1. The summed E-state index contributed by atoms with van der Waals surface area (Å²) in [5.41, 5.74) is -2.12. The first-order valence-electron chi connectivity index (χ1n) is 5.55. The molecule has 0 spiro atoms. The summed E-state index contributed by atoms with van der Waals surface area (Å²) >= 11 is 14.1. The summed E-state index contributed by atoms with van der Waals surface area (Å²) < 4.78 is 12.2. The van der Waals surface area contributed by atoms with Crippen molar-refractivity contribution in [2.45, 2.75) is 26.3 Å². The largest absolute Gasteiger partial charge is 0.322 e. The third-order valence-corrected chi connectivity index (χ3v) is 9.17. The molecule has 1 unspecified atom stereocenters. The number of hydrogen-bond donors (Lipinski definition) is 1. The van der Waals surface area contributed by atoms with E-state index in [1.807, 2.05) is 13.8 Å². The molecule has 0 aromatic heterocycles. The predicted octanol–water partition coefficient (Wildman–Crippen LogP) is 3.40. The van der Waals surface area contributed by atoms with Crippen molar-refractivity contribution >= 4 is 57.1 Å². The quantitative estimate of drug-likeness (QED) is 0.539. The second-order valence-corrected chi connectivity index (χ2v) is 11.4. The van der Waals surface area contributed by atoms with E-state index in [1.54, 1.807) is 23.1 Å². The molecule has 0 aromatic rings. The van der Waals surface area contributed by atoms with Crippen LogP contribution < -0.4 is 5.32 Å². The Hall–Kier alpha value is 1.32. The van der Waals surface area contributed by atoms with Crippen molar-refractivity contribution in [1.82, 2.24) is 5.32 Å². The lowest BCUT2D eigenvalue weighted by Crippen LogP contribution is -2.26. The van der Waals surface area contributed by atoms with E-state index in [-0.39, 0.29) is 0 Å². The minimum absolute atomic E-state index is 0.342. The van der Waals surface area contributed by atoms with Crippen molar-refractivity contribution < 1.29 is 9.05 Å². The number of thiocarbonyl (C=S) groups is 1. The molecule has 8 heteroatoms. The van der Waals surface area contributed by atoms with Crippen LogP contribution in [0.3, 0.4) is 0 Å². The Kier molecular flexibility index (Phi) is 8.17. The Morgan fingerprint density at radius 2 is 2.12 bits per heavy atom. The highest BCUT2D eigenvalue weighted by Gasteiger charge is 2.23. The van der Waals surface area contributed by atoms with Crippen molar-refractivity contribution in [2.75, 3.05) is 24.8 Å². The molecule has 1 rings (SSSR count). The molecule has 0 bridgehead atoms. The molecule has 1 aliphatic heterocycles. The van der Waals surface area contributed by atoms with Crippen molar-refractivity contribution in [1.29, 1.82) is 0 Å². The van der Waals surface area contributed by atoms with Gasteiger partial charge in [0.25, 0.3) is 0 Å². The van der Waals surface area contributed by atoms with Gasteiger partial charge in [-0.2, -0.15) is 0 Å². The Balaban J connectivity index is 2.31. The van der Waals surface area contributed by atoms with Crippen LogP contribution in [0.1, 0.15) is 20.3 Å². The maximum Gasteiger partial charge on any atom is 0.247 e. The van der Waals surface area contributed by atoms with E-state index in [1.165, 1.54) is 0 Å². The first-order valence-corrected chi connectivity index (χ1v) is 11.2. The first-order chi connectivity index (χ1) is 8.11. The van der Waals surface area contributed by atoms with Gasteiger partial charge in [-0.15, -0.1) is 11.8 Å². The third-order valence-electron chi connectivity index (χ3n) is 2.06. The molecule has 0 radical (unpaired) electrons. The van der Waals surface area contributed by atoms with Crippen LogP contribution in [0.25, 0.3) is 0 Å². The predicted molar refractivity (Wildman–Crippen MR) is 86.6 cm³/mol. The molecule has 0 aliphatic carbocycles. The second kappa shape index (κ2) is 8.48. The molecule has 1 atom stereocenters. The summed E-state index contributed by atoms with van der Waals surface area (Å²) in [6.45, 7) is 5.12. The maximum atomic E-state index is 5.57. The fourth-order valence-corrected chi connectivity index (χ4v) is 7.33. The molecule has 1 N–H and O–H groups in total. The van der Waals surface area contributed by atoms with Crippen molar-refractivity contribution in [3.05, 3.63) is 0 Å². The van der Waals surface area contributed by atoms with Gasteiger partial charge in [0, 0.05) is 17.7 Å². The third kappa shape index (κ3) is 5.87. The molecule has 1 saturated heterocycles. The highest BCUT2D eigenvalue weighted by atomic mass is 32.9. The van der Waals surface area contributed by atoms with Gasteiger partial charge in [0.05, 0.1) is 17.4 Å². The van der Waals surface area contributed by atoms with Crippen LogP contribution in [-0.2, 0) is 20.9 Å². The highest BCUT2D eigenvalue weighted by molar-refractivity contribution is 8.67. The Bertz CT molecular complexity index is 293. The fourth-order valence-electron chi connectivity index (χ4n) is 1.33. The lowest BCUT2D eigenvalue weighted by Gasteiger charge is -2.20. The first kappa shape index (κ1) is 16.4. The Morgan fingerprint density at radius 1 is 1.47 bits per heavy atom. The Morgan fingerprint density at radius 3 is 2.59 bits per heavy atom. The SMILES string of the molecule is CCOP(=S)(OCC)SCCC1NCSC1=S. The minimum atomic E-state index is -2.12. The van der Waals surface area contributed by atoms with Crippen LogP contribution >= 0.6 is 41.1 Å². The molecule has 17 heavy (non-hydrogen) atoms. The smallest absolute Gasteiger partial charge is 0.247 e. The maximum absolute atomic E-state index is 5.57. The van der Waals surface area contributed by atoms with Gasteiger partial charge in [-0.1, -0.05) is 23.6 Å². The standard InChI is InChI=1S/C9H18NO2PS4/c1-3-11-13(15,12-4-2)17-6-5-8-9(14)16-7-10-8/h8,10H,3-7H2,1-2H3. The van der Waals surface area contributed by atoms with Gasteiger partial charge in [0.2, 0.25) is 5.69 Å². The average Bonchev–Trinajstić information content (AvgIpc) is 2.65. The van der Waals surface area contributed by atoms with Crippen LogP contribution in [0.15, 0.2) is 0 Å². The van der Waals surface area contributed by atoms with Gasteiger partial charge < -0.3 is 9.05 Å². The van der Waals surface area contributed by atoms with E-state index in [2.05, 4.69) is 5.32 Å². The zero-order valence-electron chi connectivity index (χ0n) is 10.0. The highest BCUT2D eigenvalue weighted by Crippen LogP contribution is 2.61. The lowest BCUT2D eigenvalue weighted by atomic mass is 10.3. The number of hydrogen-bond acceptors (Lipinski definition) is 7. The number of rotatable bonds is 8. The normalized spacial score (nSPS) is 21.1. The van der Waals surface area contributed by atoms with Gasteiger partial charge in [0.15, 0.2) is 0 Å². The summed E-state index contributed by atoms with van der Waals surface area (Å²) in [4.78, 5) is 0. The number of nitrogens with one attached hydrogen (secondary N) is 1. The summed E-state index contributed by atoms with van der Waals surface area (Å²) in [6, 6.07) is 0.342. The van der Waals surface area contributed by atoms with Gasteiger partial charge in [-0.3, -0.25) is 5.32 Å². The second-order valence-electron chi connectivity index (χ2n) is 3.27. The molecular formula is C9H18NO2PS4. The summed E-state index contributed by atoms with van der Waals surface area (Å²) in [5, 5.41) is 3.36. The fraction of sp³-hybridized carbons (Fsp3) is 0.889. The topological polar surface area (TPSA) is 30.5 Å². The van der Waals surface area contributed by atoms with E-state index < -0.39 is 5.69 Å². The Labute approximate surface area is 122 Å². The van der Waals surface area contributed by atoms with E-state index in [9.17, 15) is 0 Å². The van der Waals surface area contributed by atoms with Crippen molar-refractivity contribution in [3.63, 3.8) is 0 Å². The molecule has 1 aliphatic rings. The molecule has 0 amide bonds. The van der Waals surface area contributed by atoms with E-state index in [0.29, 0.717) is 19.3 Å². The summed E-state index contributed by atoms with van der Waals surface area (Å²) in [7, 11) is 0. The van der Waals surface area contributed by atoms with Crippen LogP contribution in [-0.4, -0.2) is 35.1 Å². The molecular weight excluding hydrogens is 313 g/mol. The van der Waals surface area contributed by atoms with Crippen LogP contribution in [0, 0.1) is 0 Å². The van der Waals surface area contributed by atoms with E-state index in [4.69, 9.17) is 33.1 Å². The van der Waals surface area contributed by atoms with E-state index >= 15 is 0 Å². The zero-order valence-corrected chi connectivity index (χ0v) is 14.2. The monoisotopic (exact) mass is 331 g/mol. The van der Waals surface area contributed by atoms with Gasteiger partial charge >= 0.3 is 0 Å². The molecule has 100 valence electrons. The molecule has 1 fully saturated rings. The summed E-state index contributed by atoms with van der Waals surface area (Å²) in [5.74, 6) is 1.86. The van der Waals surface area contributed by atoms with Crippen molar-refractivity contribution in [2.24, 2.45) is 0 Å². The lowest BCUT2D eigenvalue weighted by molar-refractivity contribution is 0.280. The van der Waals surface area contributed by atoms with E-state index in [0.717, 1.165) is 22.2 Å². The minimum Gasteiger partial charge on any atom is -0.322 e. The molecule has 1 heterocycles. The summed E-state index contributed by atoms with van der Waals surface area (Å²) in [6.07, 6.45) is 0.995. The molecule has 0 saturated carbocycles. The van der Waals surface area contributed by atoms with Gasteiger partial charge in [-0.25, -0.2) is 0 Å². The van der Waals surface area contributed by atoms with Crippen LogP contribution in [0.5, 0.6) is 0 Å². The van der Waals surface area contributed by atoms with Crippen LogP contribution in [0.2, 0.25) is 0 Å². The molecule has 3 nitrogen and oxygen atoms in total. The van der Waals surface area contributed by atoms with Crippen LogP contribution in [0.4, 0.5) is 0 Å². The van der Waals surface area contributed by atoms with Crippen molar-refractivity contribution in [3.8, 4) is 0 Å².